The first-order chi connectivity index (χ1) is 8.69. The first-order valence-electron chi connectivity index (χ1n) is 5.95. The highest BCUT2D eigenvalue weighted by Gasteiger charge is 2.25. The van der Waals surface area contributed by atoms with Gasteiger partial charge in [-0.15, -0.1) is 0 Å². The van der Waals surface area contributed by atoms with Crippen LogP contribution in [0.25, 0.3) is 0 Å². The summed E-state index contributed by atoms with van der Waals surface area (Å²) in [5.74, 6) is -0.888. The molecule has 0 aromatic heterocycles. The molecule has 108 valence electrons. The number of benzene rings is 1. The van der Waals surface area contributed by atoms with Crippen LogP contribution in [0.15, 0.2) is 17.0 Å². The summed E-state index contributed by atoms with van der Waals surface area (Å²) < 4.78 is 40.6. The predicted octanol–water partition coefficient (Wildman–Crippen LogP) is 2.77. The SMILES string of the molecule is CCC(NS(=O)(=O)c1cc(N)cc(Cl)c1F)C(C)C. The minimum Gasteiger partial charge on any atom is -0.399 e. The van der Waals surface area contributed by atoms with Gasteiger partial charge in [0.15, 0.2) is 5.82 Å². The van der Waals surface area contributed by atoms with Gasteiger partial charge in [-0.25, -0.2) is 17.5 Å². The van der Waals surface area contributed by atoms with Crippen LogP contribution in [0.4, 0.5) is 10.1 Å². The van der Waals surface area contributed by atoms with Gasteiger partial charge in [0.05, 0.1) is 5.02 Å². The fourth-order valence-corrected chi connectivity index (χ4v) is 3.62. The number of rotatable bonds is 5. The third kappa shape index (κ3) is 3.81. The summed E-state index contributed by atoms with van der Waals surface area (Å²) >= 11 is 5.61. The lowest BCUT2D eigenvalue weighted by Gasteiger charge is -2.21. The van der Waals surface area contributed by atoms with Gasteiger partial charge in [0, 0.05) is 11.7 Å². The molecule has 3 N–H and O–H groups in total. The average molecular weight is 309 g/mol. The molecule has 1 atom stereocenters. The Kier molecular flexibility index (Phi) is 5.18. The molecule has 1 aromatic rings. The molecule has 0 aliphatic heterocycles. The number of nitrogens with one attached hydrogen (secondary N) is 1. The fraction of sp³-hybridized carbons (Fsp3) is 0.500. The van der Waals surface area contributed by atoms with Crippen LogP contribution in [0.3, 0.4) is 0 Å². The second-order valence-corrected chi connectivity index (χ2v) is 6.78. The number of halogens is 2. The number of nitrogen functional groups attached to an aromatic ring is 1. The molecule has 1 unspecified atom stereocenters. The van der Waals surface area contributed by atoms with E-state index in [4.69, 9.17) is 17.3 Å². The van der Waals surface area contributed by atoms with Crippen molar-refractivity contribution in [1.82, 2.24) is 4.72 Å². The molecule has 0 heterocycles. The standard InChI is InChI=1S/C12H18ClFN2O2S/c1-4-10(7(2)3)16-19(17,18)11-6-8(15)5-9(13)12(11)14/h5-7,10,16H,4,15H2,1-3H3. The first-order valence-corrected chi connectivity index (χ1v) is 7.82. The van der Waals surface area contributed by atoms with Gasteiger partial charge in [-0.05, 0) is 24.5 Å². The van der Waals surface area contributed by atoms with Gasteiger partial charge in [-0.3, -0.25) is 0 Å². The van der Waals surface area contributed by atoms with E-state index in [1.165, 1.54) is 6.07 Å². The number of nitrogens with two attached hydrogens (primary N) is 1. The van der Waals surface area contributed by atoms with Crippen molar-refractivity contribution in [3.05, 3.63) is 23.0 Å². The largest absolute Gasteiger partial charge is 0.399 e. The van der Waals surface area contributed by atoms with Crippen LogP contribution in [0.1, 0.15) is 27.2 Å². The number of hydrogen-bond acceptors (Lipinski definition) is 3. The van der Waals surface area contributed by atoms with E-state index < -0.39 is 20.7 Å². The Morgan fingerprint density at radius 1 is 1.42 bits per heavy atom. The van der Waals surface area contributed by atoms with E-state index in [9.17, 15) is 12.8 Å². The van der Waals surface area contributed by atoms with E-state index in [0.717, 1.165) is 6.07 Å². The van der Waals surface area contributed by atoms with Crippen LogP contribution in [-0.2, 0) is 10.0 Å². The minimum atomic E-state index is -3.98. The van der Waals surface area contributed by atoms with E-state index in [1.807, 2.05) is 20.8 Å². The van der Waals surface area contributed by atoms with E-state index in [0.29, 0.717) is 6.42 Å². The van der Waals surface area contributed by atoms with Crippen LogP contribution < -0.4 is 10.5 Å². The Hall–Kier alpha value is -0.850. The summed E-state index contributed by atoms with van der Waals surface area (Å²) in [6.45, 7) is 5.63. The predicted molar refractivity (Wildman–Crippen MR) is 75.1 cm³/mol. The summed E-state index contributed by atoms with van der Waals surface area (Å²) in [5, 5.41) is -0.307. The molecule has 7 heteroatoms. The maximum absolute atomic E-state index is 13.8. The van der Waals surface area contributed by atoms with Gasteiger partial charge in [-0.1, -0.05) is 32.4 Å². The van der Waals surface area contributed by atoms with Crippen molar-refractivity contribution in [3.63, 3.8) is 0 Å². The summed E-state index contributed by atoms with van der Waals surface area (Å²) in [5.41, 5.74) is 5.61. The zero-order valence-electron chi connectivity index (χ0n) is 11.1. The molecule has 19 heavy (non-hydrogen) atoms. The zero-order valence-corrected chi connectivity index (χ0v) is 12.6. The molecular weight excluding hydrogens is 291 g/mol. The van der Waals surface area contributed by atoms with Crippen molar-refractivity contribution in [3.8, 4) is 0 Å². The van der Waals surface area contributed by atoms with E-state index >= 15 is 0 Å². The minimum absolute atomic E-state index is 0.0966. The summed E-state index contributed by atoms with van der Waals surface area (Å²) in [6.07, 6.45) is 0.606. The Morgan fingerprint density at radius 2 is 2.00 bits per heavy atom. The molecule has 0 radical (unpaired) electrons. The second-order valence-electron chi connectivity index (χ2n) is 4.69. The lowest BCUT2D eigenvalue weighted by atomic mass is 10.0. The maximum atomic E-state index is 13.8. The molecule has 0 aliphatic carbocycles. The number of anilines is 1. The van der Waals surface area contributed by atoms with Crippen LogP contribution in [0.2, 0.25) is 5.02 Å². The molecule has 1 rings (SSSR count). The van der Waals surface area contributed by atoms with Gasteiger partial charge in [-0.2, -0.15) is 0 Å². The number of sulfonamides is 1. The van der Waals surface area contributed by atoms with Crippen molar-refractivity contribution in [2.24, 2.45) is 5.92 Å². The Labute approximate surface area is 118 Å². The van der Waals surface area contributed by atoms with Crippen molar-refractivity contribution >= 4 is 27.3 Å². The van der Waals surface area contributed by atoms with Crippen molar-refractivity contribution < 1.29 is 12.8 Å². The molecule has 4 nitrogen and oxygen atoms in total. The van der Waals surface area contributed by atoms with Crippen LogP contribution in [0, 0.1) is 11.7 Å². The molecule has 1 aromatic carbocycles. The summed E-state index contributed by atoms with van der Waals surface area (Å²) in [4.78, 5) is -0.517. The van der Waals surface area contributed by atoms with Crippen LogP contribution >= 0.6 is 11.6 Å². The second kappa shape index (κ2) is 6.07. The molecule has 0 saturated carbocycles. The Morgan fingerprint density at radius 3 is 2.47 bits per heavy atom. The van der Waals surface area contributed by atoms with E-state index in [-0.39, 0.29) is 22.7 Å². The summed E-state index contributed by atoms with van der Waals surface area (Å²) in [7, 11) is -3.98. The molecule has 0 amide bonds. The van der Waals surface area contributed by atoms with Gasteiger partial charge in [0.25, 0.3) is 0 Å². The van der Waals surface area contributed by atoms with Crippen LogP contribution in [0.5, 0.6) is 0 Å². The highest BCUT2D eigenvalue weighted by atomic mass is 35.5. The van der Waals surface area contributed by atoms with Gasteiger partial charge in [0.2, 0.25) is 10.0 Å². The van der Waals surface area contributed by atoms with E-state index in [1.54, 1.807) is 0 Å². The molecular formula is C12H18ClFN2O2S. The normalized spacial score (nSPS) is 13.8. The Balaban J connectivity index is 3.21. The lowest BCUT2D eigenvalue weighted by molar-refractivity contribution is 0.435. The highest BCUT2D eigenvalue weighted by Crippen LogP contribution is 2.26. The van der Waals surface area contributed by atoms with E-state index in [2.05, 4.69) is 4.72 Å². The molecule has 0 saturated heterocycles. The molecule has 0 spiro atoms. The quantitative estimate of drug-likeness (QED) is 0.822. The van der Waals surface area contributed by atoms with Gasteiger partial charge >= 0.3 is 0 Å². The van der Waals surface area contributed by atoms with Crippen molar-refractivity contribution in [2.75, 3.05) is 5.73 Å². The molecule has 0 fully saturated rings. The monoisotopic (exact) mass is 308 g/mol. The third-order valence-electron chi connectivity index (χ3n) is 2.86. The fourth-order valence-electron chi connectivity index (χ4n) is 1.73. The zero-order chi connectivity index (χ0) is 14.8. The highest BCUT2D eigenvalue weighted by molar-refractivity contribution is 7.89. The van der Waals surface area contributed by atoms with Crippen molar-refractivity contribution in [1.29, 1.82) is 0 Å². The molecule has 0 aliphatic rings. The van der Waals surface area contributed by atoms with Crippen molar-refractivity contribution in [2.45, 2.75) is 38.1 Å². The van der Waals surface area contributed by atoms with Gasteiger partial charge < -0.3 is 5.73 Å². The number of hydrogen-bond donors (Lipinski definition) is 2. The maximum Gasteiger partial charge on any atom is 0.243 e. The Bertz CT molecular complexity index is 561. The van der Waals surface area contributed by atoms with Gasteiger partial charge in [0.1, 0.15) is 4.90 Å². The third-order valence-corrected chi connectivity index (χ3v) is 4.62. The molecule has 0 bridgehead atoms. The average Bonchev–Trinajstić information content (AvgIpc) is 2.30. The first kappa shape index (κ1) is 16.2. The summed E-state index contributed by atoms with van der Waals surface area (Å²) in [6, 6.07) is 1.97. The van der Waals surface area contributed by atoms with Crippen LogP contribution in [-0.4, -0.2) is 14.5 Å². The smallest absolute Gasteiger partial charge is 0.243 e. The lowest BCUT2D eigenvalue weighted by Crippen LogP contribution is -2.38. The topological polar surface area (TPSA) is 72.2 Å².